The minimum atomic E-state index is -0.291. The molecule has 0 aliphatic heterocycles. The third-order valence-electron chi connectivity index (χ3n) is 5.36. The van der Waals surface area contributed by atoms with E-state index in [9.17, 15) is 5.11 Å². The van der Waals surface area contributed by atoms with E-state index in [1.54, 1.807) is 7.11 Å². The molecule has 86 valence electrons. The molecule has 3 aliphatic carbocycles. The summed E-state index contributed by atoms with van der Waals surface area (Å²) in [6, 6.07) is 0.311. The Hall–Kier alpha value is -0.120. The first kappa shape index (κ1) is 10.1. The van der Waals surface area contributed by atoms with Crippen LogP contribution < -0.4 is 5.73 Å². The Bertz CT molecular complexity index is 266. The quantitative estimate of drug-likeness (QED) is 0.677. The Labute approximate surface area is 91.0 Å². The number of ether oxygens (including phenoxy) is 1. The molecule has 3 heteroatoms. The van der Waals surface area contributed by atoms with Crippen molar-refractivity contribution in [3.05, 3.63) is 0 Å². The van der Waals surface area contributed by atoms with Crippen LogP contribution in [0.2, 0.25) is 0 Å². The second kappa shape index (κ2) is 3.19. The zero-order chi connectivity index (χ0) is 10.6. The van der Waals surface area contributed by atoms with Gasteiger partial charge in [0.15, 0.2) is 0 Å². The highest BCUT2D eigenvalue weighted by Crippen LogP contribution is 2.62. The van der Waals surface area contributed by atoms with Crippen LogP contribution >= 0.6 is 0 Å². The summed E-state index contributed by atoms with van der Waals surface area (Å²) in [5.74, 6) is 1.48. The summed E-state index contributed by atoms with van der Waals surface area (Å²) in [5, 5.41) is 9.98. The van der Waals surface area contributed by atoms with Crippen LogP contribution in [0.15, 0.2) is 0 Å². The normalized spacial score (nSPS) is 58.2. The molecule has 0 aromatic heterocycles. The van der Waals surface area contributed by atoms with E-state index in [1.165, 1.54) is 19.3 Å². The molecule has 0 radical (unpaired) electrons. The SMILES string of the molecule is COC1C[C@]2(C[C@H]1O)C1CCC(C1)[C@H]2N. The van der Waals surface area contributed by atoms with Gasteiger partial charge in [0.2, 0.25) is 0 Å². The second-order valence-electron chi connectivity index (χ2n) is 5.78. The highest BCUT2D eigenvalue weighted by atomic mass is 16.5. The summed E-state index contributed by atoms with van der Waals surface area (Å²) in [7, 11) is 1.70. The van der Waals surface area contributed by atoms with Gasteiger partial charge in [-0.2, -0.15) is 0 Å². The molecule has 1 spiro atoms. The van der Waals surface area contributed by atoms with Gasteiger partial charge in [-0.15, -0.1) is 0 Å². The molecule has 3 fully saturated rings. The zero-order valence-corrected chi connectivity index (χ0v) is 9.36. The van der Waals surface area contributed by atoms with E-state index >= 15 is 0 Å². The first-order valence-electron chi connectivity index (χ1n) is 6.14. The molecule has 3 rings (SSSR count). The van der Waals surface area contributed by atoms with Crippen molar-refractivity contribution in [2.24, 2.45) is 23.0 Å². The van der Waals surface area contributed by atoms with Gasteiger partial charge in [-0.3, -0.25) is 0 Å². The second-order valence-corrected chi connectivity index (χ2v) is 5.78. The van der Waals surface area contributed by atoms with Crippen LogP contribution in [0.5, 0.6) is 0 Å². The third-order valence-corrected chi connectivity index (χ3v) is 5.36. The molecule has 0 amide bonds. The molecular formula is C12H21NO2. The van der Waals surface area contributed by atoms with Crippen LogP contribution in [0, 0.1) is 17.3 Å². The minimum Gasteiger partial charge on any atom is -0.390 e. The van der Waals surface area contributed by atoms with Crippen molar-refractivity contribution >= 4 is 0 Å². The van der Waals surface area contributed by atoms with Gasteiger partial charge in [-0.1, -0.05) is 0 Å². The summed E-state index contributed by atoms with van der Waals surface area (Å²) in [6.07, 6.45) is 5.50. The Kier molecular flexibility index (Phi) is 2.14. The number of fused-ring (bicyclic) bond motifs is 3. The van der Waals surface area contributed by atoms with Crippen molar-refractivity contribution in [2.75, 3.05) is 7.11 Å². The number of nitrogens with two attached hydrogens (primary N) is 1. The van der Waals surface area contributed by atoms with Gasteiger partial charge >= 0.3 is 0 Å². The van der Waals surface area contributed by atoms with E-state index in [2.05, 4.69) is 0 Å². The van der Waals surface area contributed by atoms with E-state index in [-0.39, 0.29) is 17.6 Å². The van der Waals surface area contributed by atoms with Crippen molar-refractivity contribution in [1.29, 1.82) is 0 Å². The van der Waals surface area contributed by atoms with Gasteiger partial charge in [0.1, 0.15) is 0 Å². The van der Waals surface area contributed by atoms with Gasteiger partial charge in [0.25, 0.3) is 0 Å². The molecule has 3 N–H and O–H groups in total. The van der Waals surface area contributed by atoms with Gasteiger partial charge < -0.3 is 15.6 Å². The lowest BCUT2D eigenvalue weighted by Gasteiger charge is -2.39. The van der Waals surface area contributed by atoms with Crippen LogP contribution in [0.1, 0.15) is 32.1 Å². The Balaban J connectivity index is 1.86. The lowest BCUT2D eigenvalue weighted by molar-refractivity contribution is 0.00927. The predicted molar refractivity (Wildman–Crippen MR) is 57.3 cm³/mol. The molecule has 6 atom stereocenters. The lowest BCUT2D eigenvalue weighted by atomic mass is 9.69. The molecular weight excluding hydrogens is 190 g/mol. The Morgan fingerprint density at radius 1 is 1.33 bits per heavy atom. The molecule has 3 aliphatic rings. The number of methoxy groups -OCH3 is 1. The molecule has 0 saturated heterocycles. The van der Waals surface area contributed by atoms with Crippen molar-refractivity contribution in [3.8, 4) is 0 Å². The van der Waals surface area contributed by atoms with E-state index < -0.39 is 0 Å². The minimum absolute atomic E-state index is 0.0235. The maximum absolute atomic E-state index is 9.98. The first-order valence-corrected chi connectivity index (χ1v) is 6.14. The van der Waals surface area contributed by atoms with E-state index in [4.69, 9.17) is 10.5 Å². The van der Waals surface area contributed by atoms with Crippen molar-refractivity contribution in [1.82, 2.24) is 0 Å². The molecule has 2 bridgehead atoms. The summed E-state index contributed by atoms with van der Waals surface area (Å²) in [5.41, 5.74) is 6.58. The van der Waals surface area contributed by atoms with Crippen molar-refractivity contribution in [3.63, 3.8) is 0 Å². The predicted octanol–water partition coefficient (Wildman–Crippen LogP) is 0.900. The lowest BCUT2D eigenvalue weighted by Crippen LogP contribution is -2.45. The zero-order valence-electron chi connectivity index (χ0n) is 9.36. The molecule has 3 nitrogen and oxygen atoms in total. The fraction of sp³-hybridized carbons (Fsp3) is 1.00. The highest BCUT2D eigenvalue weighted by Gasteiger charge is 2.61. The smallest absolute Gasteiger partial charge is 0.0836 e. The van der Waals surface area contributed by atoms with E-state index in [0.717, 1.165) is 24.7 Å². The number of hydrogen-bond acceptors (Lipinski definition) is 3. The van der Waals surface area contributed by atoms with Crippen LogP contribution in [-0.4, -0.2) is 30.5 Å². The van der Waals surface area contributed by atoms with Crippen molar-refractivity contribution < 1.29 is 9.84 Å². The molecule has 15 heavy (non-hydrogen) atoms. The Morgan fingerprint density at radius 2 is 2.13 bits per heavy atom. The summed E-state index contributed by atoms with van der Waals surface area (Å²) < 4.78 is 5.36. The molecule has 3 unspecified atom stereocenters. The van der Waals surface area contributed by atoms with Crippen LogP contribution in [-0.2, 0) is 4.74 Å². The first-order chi connectivity index (χ1) is 7.17. The number of hydrogen-bond donors (Lipinski definition) is 2. The average molecular weight is 211 g/mol. The summed E-state index contributed by atoms with van der Waals surface area (Å²) in [4.78, 5) is 0. The van der Waals surface area contributed by atoms with Crippen molar-refractivity contribution in [2.45, 2.75) is 50.4 Å². The average Bonchev–Trinajstić information content (AvgIpc) is 2.85. The molecule has 0 aromatic rings. The van der Waals surface area contributed by atoms with Gasteiger partial charge in [0, 0.05) is 13.2 Å². The van der Waals surface area contributed by atoms with Gasteiger partial charge in [-0.25, -0.2) is 0 Å². The van der Waals surface area contributed by atoms with Crippen LogP contribution in [0.25, 0.3) is 0 Å². The van der Waals surface area contributed by atoms with Crippen LogP contribution in [0.4, 0.5) is 0 Å². The topological polar surface area (TPSA) is 55.5 Å². The highest BCUT2D eigenvalue weighted by molar-refractivity contribution is 5.13. The van der Waals surface area contributed by atoms with Crippen LogP contribution in [0.3, 0.4) is 0 Å². The Morgan fingerprint density at radius 3 is 2.67 bits per heavy atom. The van der Waals surface area contributed by atoms with E-state index in [0.29, 0.717) is 6.04 Å². The molecule has 0 heterocycles. The maximum Gasteiger partial charge on any atom is 0.0836 e. The molecule has 3 saturated carbocycles. The maximum atomic E-state index is 9.98. The van der Waals surface area contributed by atoms with Gasteiger partial charge in [-0.05, 0) is 49.4 Å². The van der Waals surface area contributed by atoms with E-state index in [1.807, 2.05) is 0 Å². The third kappa shape index (κ3) is 1.17. The fourth-order valence-corrected chi connectivity index (χ4v) is 4.57. The number of aliphatic hydroxyl groups excluding tert-OH is 1. The summed E-state index contributed by atoms with van der Waals surface area (Å²) in [6.45, 7) is 0. The van der Waals surface area contributed by atoms with Gasteiger partial charge in [0.05, 0.1) is 12.2 Å². The standard InChI is InChI=1S/C12H21NO2/c1-15-10-6-12(5-9(10)14)8-3-2-7(4-8)11(12)13/h7-11,14H,2-6,13H2,1H3/t7?,8?,9-,10?,11-,12-/m1/s1. The fourth-order valence-electron chi connectivity index (χ4n) is 4.57. The summed E-state index contributed by atoms with van der Waals surface area (Å²) >= 11 is 0. The number of aliphatic hydroxyl groups is 1. The monoisotopic (exact) mass is 211 g/mol. The number of rotatable bonds is 1. The largest absolute Gasteiger partial charge is 0.390 e. The molecule has 0 aromatic carbocycles.